The molecule has 1 rings (SSSR count). The highest BCUT2D eigenvalue weighted by atomic mass is 32.2. The van der Waals surface area contributed by atoms with Gasteiger partial charge < -0.3 is 5.32 Å². The molecule has 0 atom stereocenters. The van der Waals surface area contributed by atoms with Crippen LogP contribution in [0.2, 0.25) is 0 Å². The van der Waals surface area contributed by atoms with Gasteiger partial charge >= 0.3 is 0 Å². The van der Waals surface area contributed by atoms with Gasteiger partial charge in [-0.2, -0.15) is 0 Å². The Labute approximate surface area is 118 Å². The second kappa shape index (κ2) is 5.76. The predicted octanol–water partition coefficient (Wildman–Crippen LogP) is 2.10. The lowest BCUT2D eigenvalue weighted by molar-refractivity contribution is -0.387. The minimum Gasteiger partial charge on any atom is -0.388 e. The van der Waals surface area contributed by atoms with Crippen LogP contribution < -0.4 is 10.0 Å². The molecule has 1 aromatic carbocycles. The summed E-state index contributed by atoms with van der Waals surface area (Å²) in [6.45, 7) is 5.28. The first-order chi connectivity index (χ1) is 9.13. The lowest BCUT2D eigenvalue weighted by Crippen LogP contribution is -2.42. The van der Waals surface area contributed by atoms with Crippen LogP contribution >= 0.6 is 0 Å². The molecule has 0 aromatic heterocycles. The first kappa shape index (κ1) is 16.4. The Bertz CT molecular complexity index is 611. The Morgan fingerprint density at radius 3 is 2.40 bits per heavy atom. The highest BCUT2D eigenvalue weighted by molar-refractivity contribution is 7.89. The summed E-state index contributed by atoms with van der Waals surface area (Å²) in [5.41, 5.74) is -0.643. The van der Waals surface area contributed by atoms with Crippen LogP contribution in [-0.4, -0.2) is 25.9 Å². The summed E-state index contributed by atoms with van der Waals surface area (Å²) in [4.78, 5) is 10.0. The summed E-state index contributed by atoms with van der Waals surface area (Å²) in [7, 11) is -2.35. The van der Waals surface area contributed by atoms with Crippen molar-refractivity contribution in [1.29, 1.82) is 0 Å². The number of nitro groups is 1. The number of hydrogen-bond donors (Lipinski definition) is 2. The first-order valence-corrected chi connectivity index (χ1v) is 7.61. The van der Waals surface area contributed by atoms with E-state index in [-0.39, 0.29) is 4.90 Å². The van der Waals surface area contributed by atoms with Crippen LogP contribution in [0, 0.1) is 10.1 Å². The quantitative estimate of drug-likeness (QED) is 0.619. The summed E-state index contributed by atoms with van der Waals surface area (Å²) in [5, 5.41) is 13.8. The van der Waals surface area contributed by atoms with Crippen molar-refractivity contribution in [3.63, 3.8) is 0 Å². The number of hydrogen-bond acceptors (Lipinski definition) is 5. The summed E-state index contributed by atoms with van der Waals surface area (Å²) in [6, 6.07) is 3.92. The lowest BCUT2D eigenvalue weighted by atomic mass is 10.0. The largest absolute Gasteiger partial charge is 0.388 e. The van der Waals surface area contributed by atoms with Gasteiger partial charge in [-0.05, 0) is 32.4 Å². The van der Waals surface area contributed by atoms with Crippen LogP contribution in [-0.2, 0) is 10.0 Å². The van der Waals surface area contributed by atoms with Gasteiger partial charge in [-0.3, -0.25) is 10.1 Å². The van der Waals surface area contributed by atoms with Crippen molar-refractivity contribution in [3.05, 3.63) is 28.3 Å². The van der Waals surface area contributed by atoms with Crippen LogP contribution in [0.15, 0.2) is 23.1 Å². The second-order valence-corrected chi connectivity index (χ2v) is 6.68. The van der Waals surface area contributed by atoms with E-state index in [2.05, 4.69) is 10.0 Å². The third-order valence-corrected chi connectivity index (χ3v) is 4.77. The number of rotatable bonds is 6. The fourth-order valence-corrected chi connectivity index (χ4v) is 3.17. The molecule has 7 nitrogen and oxygen atoms in total. The fraction of sp³-hybridized carbons (Fsp3) is 0.500. The molecular formula is C12H19N3O4S. The van der Waals surface area contributed by atoms with E-state index in [1.54, 1.807) is 20.9 Å². The summed E-state index contributed by atoms with van der Waals surface area (Å²) in [6.07, 6.45) is 0.564. The molecule has 0 bridgehead atoms. The first-order valence-electron chi connectivity index (χ1n) is 6.13. The van der Waals surface area contributed by atoms with Crippen LogP contribution in [0.25, 0.3) is 0 Å². The number of nitro benzene ring substituents is 1. The van der Waals surface area contributed by atoms with Gasteiger partial charge in [-0.25, -0.2) is 13.1 Å². The number of nitrogens with zero attached hydrogens (tertiary/aromatic N) is 1. The minimum absolute atomic E-state index is 0.331. The third kappa shape index (κ3) is 3.67. The molecule has 0 fully saturated rings. The van der Waals surface area contributed by atoms with Crippen LogP contribution in [0.4, 0.5) is 11.4 Å². The van der Waals surface area contributed by atoms with Gasteiger partial charge in [0.15, 0.2) is 4.90 Å². The maximum Gasteiger partial charge on any atom is 0.291 e. The SMILES string of the molecule is CCC(C)(C)NS(=O)(=O)c1ccc(NC)cc1[N+](=O)[O-]. The topological polar surface area (TPSA) is 101 Å². The molecule has 112 valence electrons. The highest BCUT2D eigenvalue weighted by Gasteiger charge is 2.30. The van der Waals surface area contributed by atoms with Crippen molar-refractivity contribution in [2.75, 3.05) is 12.4 Å². The molecular weight excluding hydrogens is 282 g/mol. The van der Waals surface area contributed by atoms with Gasteiger partial charge in [0.25, 0.3) is 5.69 Å². The van der Waals surface area contributed by atoms with Crippen molar-refractivity contribution in [3.8, 4) is 0 Å². The Kier molecular flexibility index (Phi) is 4.72. The van der Waals surface area contributed by atoms with Crippen molar-refractivity contribution >= 4 is 21.4 Å². The highest BCUT2D eigenvalue weighted by Crippen LogP contribution is 2.28. The normalized spacial score (nSPS) is 12.2. The molecule has 0 amide bonds. The molecule has 0 unspecified atom stereocenters. The molecule has 20 heavy (non-hydrogen) atoms. The zero-order valence-electron chi connectivity index (χ0n) is 11.9. The average Bonchev–Trinajstić information content (AvgIpc) is 2.36. The third-order valence-electron chi connectivity index (χ3n) is 3.03. The summed E-state index contributed by atoms with van der Waals surface area (Å²) in [5.74, 6) is 0. The van der Waals surface area contributed by atoms with Crippen LogP contribution in [0.3, 0.4) is 0 Å². The monoisotopic (exact) mass is 301 g/mol. The van der Waals surface area contributed by atoms with E-state index >= 15 is 0 Å². The molecule has 0 aliphatic rings. The van der Waals surface area contributed by atoms with Gasteiger partial charge in [-0.15, -0.1) is 0 Å². The molecule has 0 aliphatic carbocycles. The van der Waals surface area contributed by atoms with Crippen molar-refractivity contribution < 1.29 is 13.3 Å². The van der Waals surface area contributed by atoms with Gasteiger partial charge in [0, 0.05) is 24.3 Å². The summed E-state index contributed by atoms with van der Waals surface area (Å²) < 4.78 is 27.1. The number of benzene rings is 1. The molecule has 1 aromatic rings. The Hall–Kier alpha value is -1.67. The Morgan fingerprint density at radius 2 is 1.95 bits per heavy atom. The average molecular weight is 301 g/mol. The fourth-order valence-electron chi connectivity index (χ4n) is 1.53. The molecule has 0 saturated heterocycles. The molecule has 0 spiro atoms. The lowest BCUT2D eigenvalue weighted by Gasteiger charge is -2.24. The van der Waals surface area contributed by atoms with Crippen LogP contribution in [0.5, 0.6) is 0 Å². The second-order valence-electron chi connectivity index (χ2n) is 5.03. The van der Waals surface area contributed by atoms with E-state index in [1.807, 2.05) is 6.92 Å². The number of anilines is 1. The maximum atomic E-state index is 12.3. The predicted molar refractivity (Wildman–Crippen MR) is 77.3 cm³/mol. The standard InChI is InChI=1S/C12H19N3O4S/c1-5-12(2,3)14-20(18,19)11-7-6-9(13-4)8-10(11)15(16)17/h6-8,13-14H,5H2,1-4H3. The number of sulfonamides is 1. The minimum atomic E-state index is -3.95. The van der Waals surface area contributed by atoms with E-state index in [9.17, 15) is 18.5 Å². The summed E-state index contributed by atoms with van der Waals surface area (Å²) >= 11 is 0. The van der Waals surface area contributed by atoms with Crippen LogP contribution in [0.1, 0.15) is 27.2 Å². The van der Waals surface area contributed by atoms with Crippen molar-refractivity contribution in [2.45, 2.75) is 37.6 Å². The zero-order chi connectivity index (χ0) is 15.6. The van der Waals surface area contributed by atoms with Gasteiger partial charge in [0.05, 0.1) is 4.92 Å². The van der Waals surface area contributed by atoms with Gasteiger partial charge in [0.1, 0.15) is 0 Å². The molecule has 0 heterocycles. The van der Waals surface area contributed by atoms with E-state index < -0.39 is 26.2 Å². The number of nitrogens with one attached hydrogen (secondary N) is 2. The van der Waals surface area contributed by atoms with Gasteiger partial charge in [-0.1, -0.05) is 6.92 Å². The molecule has 8 heteroatoms. The zero-order valence-corrected chi connectivity index (χ0v) is 12.7. The van der Waals surface area contributed by atoms with Crippen molar-refractivity contribution in [2.24, 2.45) is 0 Å². The molecule has 0 aliphatic heterocycles. The van der Waals surface area contributed by atoms with Crippen molar-refractivity contribution in [1.82, 2.24) is 4.72 Å². The molecule has 0 saturated carbocycles. The van der Waals surface area contributed by atoms with Gasteiger partial charge in [0.2, 0.25) is 10.0 Å². The van der Waals surface area contributed by atoms with E-state index in [0.29, 0.717) is 12.1 Å². The smallest absolute Gasteiger partial charge is 0.291 e. The van der Waals surface area contributed by atoms with E-state index in [1.165, 1.54) is 18.2 Å². The Balaban J connectivity index is 3.35. The Morgan fingerprint density at radius 1 is 1.35 bits per heavy atom. The molecule has 0 radical (unpaired) electrons. The van der Waals surface area contributed by atoms with E-state index in [0.717, 1.165) is 0 Å². The molecule has 2 N–H and O–H groups in total. The maximum absolute atomic E-state index is 12.3. The van der Waals surface area contributed by atoms with E-state index in [4.69, 9.17) is 0 Å².